The number of thiazole rings is 1. The first-order valence-electron chi connectivity index (χ1n) is 11.8. The Hall–Kier alpha value is -4.04. The third-order valence-electron chi connectivity index (χ3n) is 6.04. The molecule has 0 fully saturated rings. The largest absolute Gasteiger partial charge is 0.468 e. The highest BCUT2D eigenvalue weighted by molar-refractivity contribution is 8.03. The number of nitriles is 1. The lowest BCUT2D eigenvalue weighted by Crippen LogP contribution is -2.31. The van der Waals surface area contributed by atoms with E-state index >= 15 is 0 Å². The number of carbonyl (C=O) groups excluding carboxylic acids is 2. The Balaban J connectivity index is 1.38. The van der Waals surface area contributed by atoms with Crippen molar-refractivity contribution in [2.45, 2.75) is 19.8 Å². The average molecular weight is 576 g/mol. The first-order valence-corrected chi connectivity index (χ1v) is 14.0. The van der Waals surface area contributed by atoms with Crippen molar-refractivity contribution in [3.05, 3.63) is 99.1 Å². The number of fused-ring (bicyclic) bond motifs is 1. The van der Waals surface area contributed by atoms with Gasteiger partial charge in [0.1, 0.15) is 5.76 Å². The molecule has 1 atom stereocenters. The number of hydrogen-bond acceptors (Lipinski definition) is 8. The van der Waals surface area contributed by atoms with Crippen molar-refractivity contribution < 1.29 is 14.0 Å². The smallest absolute Gasteiger partial charge is 0.256 e. The standard InChI is InChI=1S/C28H22ClN5O3S2/c1-15-9-10-17(12-19(15)29)32-23(35)14-38-27-18(13-30)25(21-7-5-11-37-21)24(16(2)31-27)26(36)34-28-33-20-6-3-4-8-22(20)39-28/h3-12,25,31H,14H2,1-2H3,(H,32,35)(H,33,34,36)/t25-/m1/s1. The second kappa shape index (κ2) is 11.4. The van der Waals surface area contributed by atoms with E-state index in [0.717, 1.165) is 15.8 Å². The molecule has 11 heteroatoms. The normalized spacial score (nSPS) is 15.2. The van der Waals surface area contributed by atoms with E-state index in [4.69, 9.17) is 16.0 Å². The Morgan fingerprint density at radius 1 is 1.18 bits per heavy atom. The van der Waals surface area contributed by atoms with Gasteiger partial charge < -0.3 is 15.1 Å². The minimum Gasteiger partial charge on any atom is -0.468 e. The number of furan rings is 1. The van der Waals surface area contributed by atoms with Gasteiger partial charge in [-0.15, -0.1) is 0 Å². The Morgan fingerprint density at radius 2 is 2.00 bits per heavy atom. The number of hydrogen-bond donors (Lipinski definition) is 3. The first-order chi connectivity index (χ1) is 18.8. The SMILES string of the molecule is CC1=C(C(=O)Nc2nc3ccccc3s2)[C@@H](c2ccco2)C(C#N)=C(SCC(=O)Nc2ccc(C)c(Cl)c2)N1. The highest BCUT2D eigenvalue weighted by Gasteiger charge is 2.36. The van der Waals surface area contributed by atoms with Crippen LogP contribution in [0.15, 0.2) is 87.1 Å². The van der Waals surface area contributed by atoms with Gasteiger partial charge in [0.05, 0.1) is 50.4 Å². The highest BCUT2D eigenvalue weighted by Crippen LogP contribution is 2.41. The molecular weight excluding hydrogens is 554 g/mol. The summed E-state index contributed by atoms with van der Waals surface area (Å²) in [5.41, 5.74) is 3.44. The molecule has 0 radical (unpaired) electrons. The molecule has 4 aromatic rings. The maximum atomic E-state index is 13.6. The van der Waals surface area contributed by atoms with Crippen LogP contribution in [0.4, 0.5) is 10.8 Å². The Bertz CT molecular complexity index is 1650. The number of para-hydroxylation sites is 1. The summed E-state index contributed by atoms with van der Waals surface area (Å²) in [6, 6.07) is 18.6. The Kier molecular flexibility index (Phi) is 7.74. The fraction of sp³-hybridized carbons (Fsp3) is 0.143. The van der Waals surface area contributed by atoms with Crippen molar-refractivity contribution >= 4 is 67.5 Å². The van der Waals surface area contributed by atoms with Crippen molar-refractivity contribution in [3.8, 4) is 6.07 Å². The van der Waals surface area contributed by atoms with Crippen LogP contribution >= 0.6 is 34.7 Å². The fourth-order valence-corrected chi connectivity index (χ4v) is 6.10. The lowest BCUT2D eigenvalue weighted by Gasteiger charge is -2.28. The van der Waals surface area contributed by atoms with Crippen molar-refractivity contribution in [2.75, 3.05) is 16.4 Å². The molecule has 0 aliphatic carbocycles. The molecule has 8 nitrogen and oxygen atoms in total. The average Bonchev–Trinajstić information content (AvgIpc) is 3.59. The molecule has 2 aromatic heterocycles. The number of rotatable bonds is 7. The van der Waals surface area contributed by atoms with E-state index in [1.807, 2.05) is 37.3 Å². The van der Waals surface area contributed by atoms with E-state index in [1.165, 1.54) is 29.4 Å². The van der Waals surface area contributed by atoms with Crippen LogP contribution in [0.3, 0.4) is 0 Å². The molecule has 2 aromatic carbocycles. The van der Waals surface area contributed by atoms with Gasteiger partial charge in [0.2, 0.25) is 5.91 Å². The highest BCUT2D eigenvalue weighted by atomic mass is 35.5. The summed E-state index contributed by atoms with van der Waals surface area (Å²) in [6.07, 6.45) is 1.50. The third kappa shape index (κ3) is 5.71. The van der Waals surface area contributed by atoms with Gasteiger partial charge in [0.25, 0.3) is 5.91 Å². The van der Waals surface area contributed by atoms with E-state index in [0.29, 0.717) is 37.9 Å². The van der Waals surface area contributed by atoms with Crippen LogP contribution in [0.5, 0.6) is 0 Å². The molecule has 3 N–H and O–H groups in total. The third-order valence-corrected chi connectivity index (χ3v) is 8.41. The zero-order valence-corrected chi connectivity index (χ0v) is 23.3. The van der Waals surface area contributed by atoms with E-state index in [2.05, 4.69) is 27.0 Å². The van der Waals surface area contributed by atoms with Crippen LogP contribution in [-0.2, 0) is 9.59 Å². The van der Waals surface area contributed by atoms with E-state index in [9.17, 15) is 14.9 Å². The van der Waals surface area contributed by atoms with Gasteiger partial charge in [-0.1, -0.05) is 52.9 Å². The van der Waals surface area contributed by atoms with Gasteiger partial charge in [-0.3, -0.25) is 14.9 Å². The molecule has 1 aliphatic heterocycles. The molecule has 3 heterocycles. The number of nitrogens with one attached hydrogen (secondary N) is 3. The summed E-state index contributed by atoms with van der Waals surface area (Å²) in [4.78, 5) is 30.7. The van der Waals surface area contributed by atoms with Gasteiger partial charge in [0.15, 0.2) is 5.13 Å². The maximum absolute atomic E-state index is 13.6. The lowest BCUT2D eigenvalue weighted by atomic mass is 9.85. The molecule has 0 bridgehead atoms. The minimum atomic E-state index is -0.762. The van der Waals surface area contributed by atoms with Crippen LogP contribution < -0.4 is 16.0 Å². The van der Waals surface area contributed by atoms with Crippen LogP contribution in [0.25, 0.3) is 10.2 Å². The second-order valence-electron chi connectivity index (χ2n) is 8.71. The number of halogens is 1. The molecule has 5 rings (SSSR count). The summed E-state index contributed by atoms with van der Waals surface area (Å²) < 4.78 is 6.61. The number of carbonyl (C=O) groups is 2. The van der Waals surface area contributed by atoms with Crippen molar-refractivity contribution in [3.63, 3.8) is 0 Å². The number of thioether (sulfide) groups is 1. The van der Waals surface area contributed by atoms with Crippen molar-refractivity contribution in [1.29, 1.82) is 5.26 Å². The summed E-state index contributed by atoms with van der Waals surface area (Å²) in [5.74, 6) is -0.946. The lowest BCUT2D eigenvalue weighted by molar-refractivity contribution is -0.114. The number of benzene rings is 2. The first kappa shape index (κ1) is 26.6. The van der Waals surface area contributed by atoms with E-state index in [1.54, 1.807) is 31.2 Å². The van der Waals surface area contributed by atoms with Crippen molar-refractivity contribution in [1.82, 2.24) is 10.3 Å². The number of aromatic nitrogens is 1. The number of allylic oxidation sites excluding steroid dienone is 2. The molecule has 0 spiro atoms. The molecule has 0 unspecified atom stereocenters. The van der Waals surface area contributed by atoms with E-state index in [-0.39, 0.29) is 17.2 Å². The molecule has 0 saturated heterocycles. The number of nitrogens with zero attached hydrogens (tertiary/aromatic N) is 2. The summed E-state index contributed by atoms with van der Waals surface area (Å²) in [6.45, 7) is 3.64. The van der Waals surface area contributed by atoms with Gasteiger partial charge in [-0.05, 0) is 55.8 Å². The van der Waals surface area contributed by atoms with Crippen LogP contribution in [0.1, 0.15) is 24.2 Å². The van der Waals surface area contributed by atoms with Crippen LogP contribution in [0, 0.1) is 18.3 Å². The predicted molar refractivity (Wildman–Crippen MR) is 155 cm³/mol. The maximum Gasteiger partial charge on any atom is 0.256 e. The number of amides is 2. The summed E-state index contributed by atoms with van der Waals surface area (Å²) in [7, 11) is 0. The number of dihydropyridines is 1. The van der Waals surface area contributed by atoms with Gasteiger partial charge >= 0.3 is 0 Å². The fourth-order valence-electron chi connectivity index (χ4n) is 4.16. The molecule has 2 amide bonds. The zero-order valence-electron chi connectivity index (χ0n) is 20.9. The number of aryl methyl sites for hydroxylation is 1. The Morgan fingerprint density at radius 3 is 2.72 bits per heavy atom. The Labute approximate surface area is 237 Å². The monoisotopic (exact) mass is 575 g/mol. The van der Waals surface area contributed by atoms with Gasteiger partial charge in [-0.25, -0.2) is 4.98 Å². The summed E-state index contributed by atoms with van der Waals surface area (Å²) in [5, 5.41) is 20.5. The van der Waals surface area contributed by atoms with Gasteiger partial charge in [-0.2, -0.15) is 5.26 Å². The predicted octanol–water partition coefficient (Wildman–Crippen LogP) is 6.56. The second-order valence-corrected chi connectivity index (χ2v) is 11.1. The van der Waals surface area contributed by atoms with Crippen molar-refractivity contribution in [2.24, 2.45) is 0 Å². The van der Waals surface area contributed by atoms with E-state index < -0.39 is 11.8 Å². The van der Waals surface area contributed by atoms with Gasteiger partial charge in [0, 0.05) is 16.4 Å². The van der Waals surface area contributed by atoms with Crippen LogP contribution in [-0.4, -0.2) is 22.6 Å². The molecule has 1 aliphatic rings. The molecule has 0 saturated carbocycles. The quantitative estimate of drug-likeness (QED) is 0.228. The molecular formula is C28H22ClN5O3S2. The van der Waals surface area contributed by atoms with Crippen LogP contribution in [0.2, 0.25) is 5.02 Å². The summed E-state index contributed by atoms with van der Waals surface area (Å²) >= 11 is 8.71. The molecule has 196 valence electrons. The minimum absolute atomic E-state index is 0.0321. The number of anilines is 2. The topological polar surface area (TPSA) is 120 Å². The molecule has 39 heavy (non-hydrogen) atoms. The zero-order chi connectivity index (χ0) is 27.5.